The number of hydrogen-bond acceptors (Lipinski definition) is 3. The lowest BCUT2D eigenvalue weighted by Gasteiger charge is -2.39. The van der Waals surface area contributed by atoms with Crippen molar-refractivity contribution in [1.29, 1.82) is 0 Å². The zero-order valence-corrected chi connectivity index (χ0v) is 15.0. The van der Waals surface area contributed by atoms with E-state index in [2.05, 4.69) is 44.8 Å². The van der Waals surface area contributed by atoms with Gasteiger partial charge in [-0.2, -0.15) is 0 Å². The van der Waals surface area contributed by atoms with Crippen molar-refractivity contribution in [2.45, 2.75) is 65.8 Å². The molecule has 0 aromatic carbocycles. The summed E-state index contributed by atoms with van der Waals surface area (Å²) in [5.41, 5.74) is -0.0668. The zero-order chi connectivity index (χ0) is 15.9. The summed E-state index contributed by atoms with van der Waals surface area (Å²) < 4.78 is 0. The fourth-order valence-corrected chi connectivity index (χ4v) is 3.10. The van der Waals surface area contributed by atoms with Gasteiger partial charge >= 0.3 is 0 Å². The third kappa shape index (κ3) is 6.66. The maximum Gasteiger partial charge on any atom is 0.0628 e. The van der Waals surface area contributed by atoms with Gasteiger partial charge in [0.25, 0.3) is 0 Å². The number of likely N-dealkylation sites (N-methyl/N-ethyl adjacent to an activating group) is 1. The predicted molar refractivity (Wildman–Crippen MR) is 91.6 cm³/mol. The fourth-order valence-electron chi connectivity index (χ4n) is 3.10. The number of aliphatic hydroxyl groups excluding tert-OH is 1. The molecule has 0 spiro atoms. The molecular weight excluding hydrogens is 260 g/mol. The zero-order valence-electron chi connectivity index (χ0n) is 15.0. The largest absolute Gasteiger partial charge is 0.394 e. The van der Waals surface area contributed by atoms with Crippen molar-refractivity contribution in [3.63, 3.8) is 0 Å². The van der Waals surface area contributed by atoms with Gasteiger partial charge in [0.15, 0.2) is 0 Å². The van der Waals surface area contributed by atoms with Crippen LogP contribution in [0.25, 0.3) is 0 Å². The number of nitrogens with zero attached hydrogens (tertiary/aromatic N) is 1. The van der Waals surface area contributed by atoms with Gasteiger partial charge in [0.1, 0.15) is 0 Å². The van der Waals surface area contributed by atoms with Gasteiger partial charge in [0.2, 0.25) is 0 Å². The van der Waals surface area contributed by atoms with Gasteiger partial charge in [-0.15, -0.1) is 0 Å². The van der Waals surface area contributed by atoms with Crippen LogP contribution in [0.3, 0.4) is 0 Å². The van der Waals surface area contributed by atoms with E-state index in [-0.39, 0.29) is 12.1 Å². The molecule has 2 N–H and O–H groups in total. The maximum absolute atomic E-state index is 10.0. The molecule has 0 heterocycles. The van der Waals surface area contributed by atoms with Crippen LogP contribution in [-0.4, -0.2) is 48.3 Å². The molecule has 0 saturated heterocycles. The van der Waals surface area contributed by atoms with Crippen LogP contribution in [0.2, 0.25) is 0 Å². The molecule has 1 rings (SSSR count). The first-order valence-electron chi connectivity index (χ1n) is 9.01. The molecule has 0 bridgehead atoms. The Kier molecular flexibility index (Phi) is 8.22. The normalized spacial score (nSPS) is 18.7. The molecule has 1 aliphatic carbocycles. The average Bonchev–Trinajstić information content (AvgIpc) is 3.25. The van der Waals surface area contributed by atoms with Crippen molar-refractivity contribution in [3.05, 3.63) is 0 Å². The van der Waals surface area contributed by atoms with Gasteiger partial charge in [-0.05, 0) is 63.1 Å². The van der Waals surface area contributed by atoms with Gasteiger partial charge in [-0.1, -0.05) is 34.6 Å². The third-order valence-electron chi connectivity index (χ3n) is 4.72. The van der Waals surface area contributed by atoms with Crippen molar-refractivity contribution in [2.75, 3.05) is 32.8 Å². The van der Waals surface area contributed by atoms with E-state index >= 15 is 0 Å². The minimum atomic E-state index is -0.0668. The highest BCUT2D eigenvalue weighted by atomic mass is 16.3. The van der Waals surface area contributed by atoms with Gasteiger partial charge in [-0.25, -0.2) is 0 Å². The summed E-state index contributed by atoms with van der Waals surface area (Å²) in [6.45, 7) is 15.9. The van der Waals surface area contributed by atoms with Gasteiger partial charge in [0, 0.05) is 6.54 Å². The number of hydrogen-bond donors (Lipinski definition) is 2. The molecule has 3 nitrogen and oxygen atoms in total. The number of aliphatic hydroxyl groups is 1. The Hall–Kier alpha value is -0.120. The van der Waals surface area contributed by atoms with E-state index in [1.54, 1.807) is 0 Å². The second-order valence-electron chi connectivity index (χ2n) is 7.76. The van der Waals surface area contributed by atoms with E-state index in [1.165, 1.54) is 25.7 Å². The second-order valence-corrected chi connectivity index (χ2v) is 7.76. The summed E-state index contributed by atoms with van der Waals surface area (Å²) >= 11 is 0. The second kappa shape index (κ2) is 9.12. The minimum absolute atomic E-state index is 0.0668. The van der Waals surface area contributed by atoms with Gasteiger partial charge in [0.05, 0.1) is 12.1 Å². The molecule has 0 aliphatic heterocycles. The van der Waals surface area contributed by atoms with Gasteiger partial charge < -0.3 is 15.3 Å². The standard InChI is InChI=1S/C18H38N2O/c1-6-19-18(14-21,17-7-8-17)13-20(11-9-15(2)3)12-10-16(4)5/h15-17,19,21H,6-14H2,1-5H3. The molecule has 21 heavy (non-hydrogen) atoms. The summed E-state index contributed by atoms with van der Waals surface area (Å²) in [7, 11) is 0. The van der Waals surface area contributed by atoms with E-state index in [0.29, 0.717) is 5.92 Å². The lowest BCUT2D eigenvalue weighted by Crippen LogP contribution is -2.58. The van der Waals surface area contributed by atoms with Crippen LogP contribution in [0.4, 0.5) is 0 Å². The summed E-state index contributed by atoms with van der Waals surface area (Å²) in [5, 5.41) is 13.7. The first-order valence-corrected chi connectivity index (χ1v) is 9.01. The summed E-state index contributed by atoms with van der Waals surface area (Å²) in [4.78, 5) is 2.59. The van der Waals surface area contributed by atoms with Crippen LogP contribution in [0.1, 0.15) is 60.3 Å². The highest BCUT2D eigenvalue weighted by Gasteiger charge is 2.45. The van der Waals surface area contributed by atoms with Crippen LogP contribution in [0.5, 0.6) is 0 Å². The van der Waals surface area contributed by atoms with Crippen LogP contribution in [-0.2, 0) is 0 Å². The highest BCUT2D eigenvalue weighted by Crippen LogP contribution is 2.40. The molecule has 3 heteroatoms. The van der Waals surface area contributed by atoms with E-state index in [0.717, 1.165) is 38.0 Å². The highest BCUT2D eigenvalue weighted by molar-refractivity contribution is 5.02. The molecule has 1 fully saturated rings. The quantitative estimate of drug-likeness (QED) is 0.581. The summed E-state index contributed by atoms with van der Waals surface area (Å²) in [6.07, 6.45) is 5.04. The average molecular weight is 299 g/mol. The molecule has 0 aromatic heterocycles. The van der Waals surface area contributed by atoms with Crippen molar-refractivity contribution in [3.8, 4) is 0 Å². The van der Waals surface area contributed by atoms with Crippen LogP contribution in [0.15, 0.2) is 0 Å². The third-order valence-corrected chi connectivity index (χ3v) is 4.72. The van der Waals surface area contributed by atoms with Crippen LogP contribution < -0.4 is 5.32 Å². The summed E-state index contributed by atoms with van der Waals surface area (Å²) in [5.74, 6) is 2.16. The number of nitrogens with one attached hydrogen (secondary N) is 1. The Morgan fingerprint density at radius 1 is 1.10 bits per heavy atom. The first-order chi connectivity index (χ1) is 9.93. The van der Waals surface area contributed by atoms with E-state index < -0.39 is 0 Å². The Balaban J connectivity index is 2.65. The fraction of sp³-hybridized carbons (Fsp3) is 1.00. The van der Waals surface area contributed by atoms with Gasteiger partial charge in [-0.3, -0.25) is 0 Å². The lowest BCUT2D eigenvalue weighted by atomic mass is 9.92. The Morgan fingerprint density at radius 3 is 1.95 bits per heavy atom. The van der Waals surface area contributed by atoms with Crippen LogP contribution >= 0.6 is 0 Å². The summed E-state index contributed by atoms with van der Waals surface area (Å²) in [6, 6.07) is 0. The molecule has 1 aliphatic rings. The molecule has 0 radical (unpaired) electrons. The van der Waals surface area contributed by atoms with Crippen molar-refractivity contribution in [2.24, 2.45) is 17.8 Å². The molecule has 1 saturated carbocycles. The molecule has 1 atom stereocenters. The number of rotatable bonds is 12. The monoisotopic (exact) mass is 298 g/mol. The molecule has 1 unspecified atom stereocenters. The maximum atomic E-state index is 10.0. The Labute approximate surface area is 132 Å². The van der Waals surface area contributed by atoms with Crippen molar-refractivity contribution >= 4 is 0 Å². The first kappa shape index (κ1) is 18.9. The smallest absolute Gasteiger partial charge is 0.0628 e. The lowest BCUT2D eigenvalue weighted by molar-refractivity contribution is 0.0872. The molecular formula is C18H38N2O. The van der Waals surface area contributed by atoms with E-state index in [4.69, 9.17) is 0 Å². The van der Waals surface area contributed by atoms with E-state index in [1.807, 2.05) is 0 Å². The van der Waals surface area contributed by atoms with E-state index in [9.17, 15) is 5.11 Å². The Bertz CT molecular complexity index is 264. The molecule has 0 amide bonds. The Morgan fingerprint density at radius 2 is 1.62 bits per heavy atom. The topological polar surface area (TPSA) is 35.5 Å². The van der Waals surface area contributed by atoms with Crippen molar-refractivity contribution in [1.82, 2.24) is 10.2 Å². The van der Waals surface area contributed by atoms with Crippen LogP contribution in [0, 0.1) is 17.8 Å². The predicted octanol–water partition coefficient (Wildman–Crippen LogP) is 3.13. The molecule has 0 aromatic rings. The molecule has 126 valence electrons. The minimum Gasteiger partial charge on any atom is -0.394 e. The SMILES string of the molecule is CCNC(CO)(CN(CCC(C)C)CCC(C)C)C1CC1. The van der Waals surface area contributed by atoms with Crippen molar-refractivity contribution < 1.29 is 5.11 Å².